The number of carbonyl (C=O) groups is 1. The first-order valence-electron chi connectivity index (χ1n) is 6.26. The second-order valence-electron chi connectivity index (χ2n) is 4.96. The SMILES string of the molecule is O=C(O)CC1CS(=O)(=O)CCN1Cc1ccc(Cl)cc1. The Morgan fingerprint density at radius 2 is 2.00 bits per heavy atom. The predicted molar refractivity (Wildman–Crippen MR) is 76.6 cm³/mol. The molecule has 5 nitrogen and oxygen atoms in total. The summed E-state index contributed by atoms with van der Waals surface area (Å²) in [6.07, 6.45) is -0.160. The van der Waals surface area contributed by atoms with Crippen molar-refractivity contribution in [3.63, 3.8) is 0 Å². The molecule has 0 bridgehead atoms. The average Bonchev–Trinajstić information content (AvgIpc) is 2.34. The van der Waals surface area contributed by atoms with Crippen molar-refractivity contribution in [2.45, 2.75) is 19.0 Å². The highest BCUT2D eigenvalue weighted by Gasteiger charge is 2.32. The van der Waals surface area contributed by atoms with Crippen LogP contribution < -0.4 is 0 Å². The van der Waals surface area contributed by atoms with Gasteiger partial charge in [0.2, 0.25) is 0 Å². The van der Waals surface area contributed by atoms with Crippen LogP contribution in [0.5, 0.6) is 0 Å². The lowest BCUT2D eigenvalue weighted by Gasteiger charge is -2.34. The molecule has 1 aromatic rings. The summed E-state index contributed by atoms with van der Waals surface area (Å²) in [4.78, 5) is 12.8. The molecule has 0 amide bonds. The van der Waals surface area contributed by atoms with Gasteiger partial charge in [0, 0.05) is 24.2 Å². The van der Waals surface area contributed by atoms with Gasteiger partial charge >= 0.3 is 5.97 Å². The molecule has 0 saturated carbocycles. The fraction of sp³-hybridized carbons (Fsp3) is 0.462. The van der Waals surface area contributed by atoms with Crippen LogP contribution in [0.3, 0.4) is 0 Å². The predicted octanol–water partition coefficient (Wildman–Crippen LogP) is 1.41. The van der Waals surface area contributed by atoms with E-state index in [1.54, 1.807) is 12.1 Å². The molecule has 7 heteroatoms. The number of halogens is 1. The Morgan fingerprint density at radius 1 is 1.35 bits per heavy atom. The van der Waals surface area contributed by atoms with Gasteiger partial charge in [-0.25, -0.2) is 8.42 Å². The van der Waals surface area contributed by atoms with E-state index < -0.39 is 21.8 Å². The third-order valence-corrected chi connectivity index (χ3v) is 5.31. The third kappa shape index (κ3) is 4.19. The van der Waals surface area contributed by atoms with Gasteiger partial charge in [-0.05, 0) is 17.7 Å². The van der Waals surface area contributed by atoms with Crippen molar-refractivity contribution in [3.05, 3.63) is 34.9 Å². The molecular weight excluding hydrogens is 302 g/mol. The van der Waals surface area contributed by atoms with E-state index in [9.17, 15) is 13.2 Å². The highest BCUT2D eigenvalue weighted by Crippen LogP contribution is 2.19. The topological polar surface area (TPSA) is 74.7 Å². The molecule has 0 spiro atoms. The molecule has 1 saturated heterocycles. The van der Waals surface area contributed by atoms with E-state index in [1.165, 1.54) is 0 Å². The molecule has 20 heavy (non-hydrogen) atoms. The summed E-state index contributed by atoms with van der Waals surface area (Å²) in [7, 11) is -3.14. The van der Waals surface area contributed by atoms with Crippen molar-refractivity contribution < 1.29 is 18.3 Å². The average molecular weight is 318 g/mol. The van der Waals surface area contributed by atoms with Crippen LogP contribution in [0.25, 0.3) is 0 Å². The molecule has 1 atom stereocenters. The maximum Gasteiger partial charge on any atom is 0.304 e. The van der Waals surface area contributed by atoms with E-state index in [2.05, 4.69) is 0 Å². The second-order valence-corrected chi connectivity index (χ2v) is 7.63. The lowest BCUT2D eigenvalue weighted by atomic mass is 10.1. The van der Waals surface area contributed by atoms with Gasteiger partial charge in [-0.15, -0.1) is 0 Å². The number of sulfone groups is 1. The fourth-order valence-corrected chi connectivity index (χ4v) is 4.06. The van der Waals surface area contributed by atoms with Crippen molar-refractivity contribution in [1.29, 1.82) is 0 Å². The number of carboxylic acid groups (broad SMARTS) is 1. The molecule has 1 fully saturated rings. The molecule has 1 aliphatic heterocycles. The molecule has 2 rings (SSSR count). The van der Waals surface area contributed by atoms with Crippen molar-refractivity contribution in [2.24, 2.45) is 0 Å². The van der Waals surface area contributed by atoms with E-state index in [0.29, 0.717) is 18.1 Å². The summed E-state index contributed by atoms with van der Waals surface area (Å²) in [6, 6.07) is 6.79. The van der Waals surface area contributed by atoms with E-state index in [0.717, 1.165) is 5.56 Å². The quantitative estimate of drug-likeness (QED) is 0.909. The number of rotatable bonds is 4. The number of hydrogen-bond acceptors (Lipinski definition) is 4. The van der Waals surface area contributed by atoms with Gasteiger partial charge in [-0.1, -0.05) is 23.7 Å². The zero-order valence-corrected chi connectivity index (χ0v) is 12.4. The smallest absolute Gasteiger partial charge is 0.304 e. The van der Waals surface area contributed by atoms with Crippen LogP contribution in [0.4, 0.5) is 0 Å². The van der Waals surface area contributed by atoms with Gasteiger partial charge in [0.15, 0.2) is 9.84 Å². The number of nitrogens with zero attached hydrogens (tertiary/aromatic N) is 1. The Kier molecular flexibility index (Phi) is 4.67. The zero-order chi connectivity index (χ0) is 14.8. The minimum absolute atomic E-state index is 0.0801. The molecule has 0 aromatic heterocycles. The summed E-state index contributed by atoms with van der Waals surface area (Å²) in [5, 5.41) is 9.55. The van der Waals surface area contributed by atoms with Gasteiger partial charge in [-0.3, -0.25) is 9.69 Å². The van der Waals surface area contributed by atoms with Crippen LogP contribution >= 0.6 is 11.6 Å². The monoisotopic (exact) mass is 317 g/mol. The molecule has 1 unspecified atom stereocenters. The number of benzene rings is 1. The van der Waals surface area contributed by atoms with Crippen LogP contribution in [0.2, 0.25) is 5.02 Å². The van der Waals surface area contributed by atoms with E-state index in [4.69, 9.17) is 16.7 Å². The fourth-order valence-electron chi connectivity index (χ4n) is 2.34. The molecule has 1 aliphatic rings. The van der Waals surface area contributed by atoms with Crippen LogP contribution in [-0.2, 0) is 21.2 Å². The normalized spacial score (nSPS) is 22.6. The third-order valence-electron chi connectivity index (χ3n) is 3.36. The standard InChI is InChI=1S/C13H16ClNO4S/c14-11-3-1-10(2-4-11)8-15-5-6-20(18,19)9-12(15)7-13(16)17/h1-4,12H,5-9H2,(H,16,17). The second kappa shape index (κ2) is 6.11. The highest BCUT2D eigenvalue weighted by atomic mass is 35.5. The lowest BCUT2D eigenvalue weighted by Crippen LogP contribution is -2.48. The van der Waals surface area contributed by atoms with E-state index in [1.807, 2.05) is 17.0 Å². The Morgan fingerprint density at radius 3 is 2.60 bits per heavy atom. The molecule has 1 aromatic carbocycles. The van der Waals surface area contributed by atoms with Crippen molar-refractivity contribution in [3.8, 4) is 0 Å². The molecular formula is C13H16ClNO4S. The first-order valence-corrected chi connectivity index (χ1v) is 8.46. The minimum Gasteiger partial charge on any atom is -0.481 e. The maximum absolute atomic E-state index is 11.6. The molecule has 1 N–H and O–H groups in total. The zero-order valence-electron chi connectivity index (χ0n) is 10.8. The number of aliphatic carboxylic acids is 1. The Balaban J connectivity index is 2.11. The summed E-state index contributed by atoms with van der Waals surface area (Å²) in [5.74, 6) is -0.989. The van der Waals surface area contributed by atoms with Gasteiger partial charge in [0.25, 0.3) is 0 Å². The molecule has 0 aliphatic carbocycles. The van der Waals surface area contributed by atoms with Crippen LogP contribution in [-0.4, -0.2) is 48.5 Å². The van der Waals surface area contributed by atoms with Crippen LogP contribution in [0.1, 0.15) is 12.0 Å². The Hall–Kier alpha value is -1.11. The first kappa shape index (κ1) is 15.3. The van der Waals surface area contributed by atoms with E-state index in [-0.39, 0.29) is 17.9 Å². The highest BCUT2D eigenvalue weighted by molar-refractivity contribution is 7.91. The van der Waals surface area contributed by atoms with Gasteiger partial charge < -0.3 is 5.11 Å². The van der Waals surface area contributed by atoms with Crippen molar-refractivity contribution in [1.82, 2.24) is 4.90 Å². The maximum atomic E-state index is 11.6. The summed E-state index contributed by atoms with van der Waals surface area (Å²) < 4.78 is 23.3. The largest absolute Gasteiger partial charge is 0.481 e. The summed E-state index contributed by atoms with van der Waals surface area (Å²) in [6.45, 7) is 0.896. The van der Waals surface area contributed by atoms with Crippen LogP contribution in [0.15, 0.2) is 24.3 Å². The molecule has 110 valence electrons. The van der Waals surface area contributed by atoms with E-state index >= 15 is 0 Å². The van der Waals surface area contributed by atoms with Crippen molar-refractivity contribution >= 4 is 27.4 Å². The summed E-state index contributed by atoms with van der Waals surface area (Å²) in [5.41, 5.74) is 0.990. The van der Waals surface area contributed by atoms with Gasteiger partial charge in [0.05, 0.1) is 17.9 Å². The number of carboxylic acids is 1. The number of hydrogen-bond donors (Lipinski definition) is 1. The van der Waals surface area contributed by atoms with Gasteiger partial charge in [0.1, 0.15) is 0 Å². The minimum atomic E-state index is -3.14. The first-order chi connectivity index (χ1) is 9.35. The summed E-state index contributed by atoms with van der Waals surface area (Å²) >= 11 is 5.82. The molecule has 1 heterocycles. The Labute approximate surface area is 123 Å². The molecule has 0 radical (unpaired) electrons. The van der Waals surface area contributed by atoms with Crippen molar-refractivity contribution in [2.75, 3.05) is 18.1 Å². The van der Waals surface area contributed by atoms with Crippen LogP contribution in [0, 0.1) is 0 Å². The van der Waals surface area contributed by atoms with Gasteiger partial charge in [-0.2, -0.15) is 0 Å². The Bertz CT molecular complexity index is 585. The lowest BCUT2D eigenvalue weighted by molar-refractivity contribution is -0.138.